The Morgan fingerprint density at radius 3 is 2.06 bits per heavy atom. The lowest BCUT2D eigenvalue weighted by Crippen LogP contribution is -2.56. The topological polar surface area (TPSA) is 235 Å². The van der Waals surface area contributed by atoms with E-state index in [2.05, 4.69) is 20.6 Å². The number of anilines is 1. The molecule has 1 unspecified atom stereocenters. The Morgan fingerprint density at radius 1 is 0.959 bits per heavy atom. The molecule has 0 spiro atoms. The second kappa shape index (κ2) is 18.5. The van der Waals surface area contributed by atoms with Crippen molar-refractivity contribution in [1.82, 2.24) is 25.1 Å². The quantitative estimate of drug-likeness (QED) is 0.139. The highest BCUT2D eigenvalue weighted by Crippen LogP contribution is 2.21. The molecule has 1 aliphatic heterocycles. The monoisotopic (exact) mass is 720 g/mol. The number of hydrogen-bond donors (Lipinski definition) is 4. The third-order valence-electron chi connectivity index (χ3n) is 6.37. The highest BCUT2D eigenvalue weighted by atomic mass is 32.2. The van der Waals surface area contributed by atoms with Crippen LogP contribution in [0.5, 0.6) is 0 Å². The molecule has 0 bridgehead atoms. The average Bonchev–Trinajstić information content (AvgIpc) is 3.05. The summed E-state index contributed by atoms with van der Waals surface area (Å²) in [6.45, 7) is 4.51. The summed E-state index contributed by atoms with van der Waals surface area (Å²) in [5.41, 5.74) is -5.02. The van der Waals surface area contributed by atoms with Gasteiger partial charge in [-0.25, -0.2) is 14.8 Å². The number of carboxylic acids is 1. The Kier molecular flexibility index (Phi) is 15.1. The van der Waals surface area contributed by atoms with Gasteiger partial charge in [-0.3, -0.25) is 23.7 Å². The molecule has 0 radical (unpaired) electrons. The van der Waals surface area contributed by atoms with Crippen molar-refractivity contribution >= 4 is 45.8 Å². The molecule has 1 saturated heterocycles. The van der Waals surface area contributed by atoms with Gasteiger partial charge >= 0.3 is 33.7 Å². The zero-order valence-corrected chi connectivity index (χ0v) is 27.1. The lowest BCUT2D eigenvalue weighted by Gasteiger charge is -2.35. The molecule has 21 heteroatoms. The number of carbonyl (C=O) groups is 5. The SMILES string of the molecule is CCOC(=O)CNc1cc(C(=O)NC(CCC(=O)O)C(=O)N2CCN(C(=O)OCC)CC2)nc(-c2ccccc2)n1.O=S(=O)(O)C(F)(F)F. The molecule has 0 aliphatic carbocycles. The molecular formula is C28H35F3N6O11S. The van der Waals surface area contributed by atoms with Crippen LogP contribution in [0.4, 0.5) is 23.8 Å². The van der Waals surface area contributed by atoms with Gasteiger partial charge in [-0.1, -0.05) is 30.3 Å². The van der Waals surface area contributed by atoms with Gasteiger partial charge in [0, 0.05) is 44.2 Å². The minimum Gasteiger partial charge on any atom is -0.481 e. The van der Waals surface area contributed by atoms with Crippen LogP contribution in [0.3, 0.4) is 0 Å². The maximum absolute atomic E-state index is 13.4. The number of alkyl halides is 3. The number of esters is 1. The maximum Gasteiger partial charge on any atom is 0.522 e. The van der Waals surface area contributed by atoms with Crippen LogP contribution in [0.25, 0.3) is 11.4 Å². The van der Waals surface area contributed by atoms with Crippen LogP contribution < -0.4 is 10.6 Å². The van der Waals surface area contributed by atoms with Crippen molar-refractivity contribution in [1.29, 1.82) is 0 Å². The zero-order chi connectivity index (χ0) is 36.8. The Hall–Kier alpha value is -5.05. The maximum atomic E-state index is 13.4. The summed E-state index contributed by atoms with van der Waals surface area (Å²) in [5.74, 6) is -2.45. The van der Waals surface area contributed by atoms with E-state index >= 15 is 0 Å². The number of carboxylic acid groups (broad SMARTS) is 1. The minimum atomic E-state index is -5.84. The van der Waals surface area contributed by atoms with E-state index in [1.807, 2.05) is 6.07 Å². The van der Waals surface area contributed by atoms with Crippen molar-refractivity contribution in [3.63, 3.8) is 0 Å². The minimum absolute atomic E-state index is 0.0922. The number of ether oxygens (including phenoxy) is 2. The zero-order valence-electron chi connectivity index (χ0n) is 26.3. The van der Waals surface area contributed by atoms with Gasteiger partial charge in [-0.15, -0.1) is 0 Å². The molecule has 270 valence electrons. The fourth-order valence-corrected chi connectivity index (χ4v) is 4.05. The van der Waals surface area contributed by atoms with Crippen LogP contribution in [0, 0.1) is 0 Å². The summed E-state index contributed by atoms with van der Waals surface area (Å²) >= 11 is 0. The second-order valence-electron chi connectivity index (χ2n) is 9.88. The van der Waals surface area contributed by atoms with Gasteiger partial charge in [0.05, 0.1) is 13.2 Å². The van der Waals surface area contributed by atoms with E-state index in [4.69, 9.17) is 22.4 Å². The molecule has 2 aromatic rings. The molecule has 3 rings (SSSR count). The summed E-state index contributed by atoms with van der Waals surface area (Å²) in [6.07, 6.45) is -0.978. The number of carbonyl (C=O) groups excluding carboxylic acids is 4. The summed E-state index contributed by atoms with van der Waals surface area (Å²) in [7, 11) is -5.84. The Balaban J connectivity index is 0.000000924. The van der Waals surface area contributed by atoms with Crippen LogP contribution in [-0.2, 0) is 34.0 Å². The summed E-state index contributed by atoms with van der Waals surface area (Å²) < 4.78 is 67.5. The van der Waals surface area contributed by atoms with E-state index in [1.54, 1.807) is 38.1 Å². The van der Waals surface area contributed by atoms with E-state index in [0.717, 1.165) is 0 Å². The Morgan fingerprint density at radius 2 is 1.53 bits per heavy atom. The lowest BCUT2D eigenvalue weighted by molar-refractivity contribution is -0.141. The molecule has 49 heavy (non-hydrogen) atoms. The number of rotatable bonds is 12. The average molecular weight is 721 g/mol. The molecule has 1 aromatic heterocycles. The van der Waals surface area contributed by atoms with E-state index < -0.39 is 51.5 Å². The number of benzene rings is 1. The van der Waals surface area contributed by atoms with Crippen LogP contribution in [-0.4, -0.2) is 125 Å². The number of piperazine rings is 1. The molecule has 1 aromatic carbocycles. The molecular weight excluding hydrogens is 685 g/mol. The Bertz CT molecular complexity index is 1570. The number of amides is 3. The van der Waals surface area contributed by atoms with Gasteiger partial charge < -0.3 is 35.0 Å². The van der Waals surface area contributed by atoms with Crippen molar-refractivity contribution in [2.45, 2.75) is 38.2 Å². The second-order valence-corrected chi connectivity index (χ2v) is 11.3. The van der Waals surface area contributed by atoms with E-state index in [1.165, 1.54) is 15.9 Å². The van der Waals surface area contributed by atoms with Gasteiger partial charge in [0.25, 0.3) is 5.91 Å². The van der Waals surface area contributed by atoms with Gasteiger partial charge in [0.2, 0.25) is 5.91 Å². The lowest BCUT2D eigenvalue weighted by atomic mass is 10.1. The van der Waals surface area contributed by atoms with E-state index in [0.29, 0.717) is 5.56 Å². The van der Waals surface area contributed by atoms with E-state index in [-0.39, 0.29) is 76.1 Å². The normalized spacial score (nSPS) is 13.7. The van der Waals surface area contributed by atoms with Gasteiger partial charge in [-0.2, -0.15) is 21.6 Å². The molecule has 1 atom stereocenters. The highest BCUT2D eigenvalue weighted by Gasteiger charge is 2.44. The first-order valence-corrected chi connectivity index (χ1v) is 16.0. The summed E-state index contributed by atoms with van der Waals surface area (Å²) in [4.78, 5) is 73.6. The van der Waals surface area contributed by atoms with Crippen molar-refractivity contribution in [2.24, 2.45) is 0 Å². The number of aromatic nitrogens is 2. The van der Waals surface area contributed by atoms with Crippen LogP contribution in [0.2, 0.25) is 0 Å². The van der Waals surface area contributed by atoms with Crippen molar-refractivity contribution in [3.8, 4) is 11.4 Å². The molecule has 1 fully saturated rings. The fourth-order valence-electron chi connectivity index (χ4n) is 4.05. The number of aliphatic carboxylic acids is 1. The number of halogens is 3. The third kappa shape index (κ3) is 13.2. The summed E-state index contributed by atoms with van der Waals surface area (Å²) in [6, 6.07) is 9.05. The fraction of sp³-hybridized carbons (Fsp3) is 0.464. The molecule has 17 nitrogen and oxygen atoms in total. The smallest absolute Gasteiger partial charge is 0.481 e. The number of nitrogens with zero attached hydrogens (tertiary/aromatic N) is 4. The predicted octanol–water partition coefficient (Wildman–Crippen LogP) is 1.78. The molecule has 0 saturated carbocycles. The van der Waals surface area contributed by atoms with Crippen molar-refractivity contribution in [3.05, 3.63) is 42.1 Å². The first-order valence-electron chi connectivity index (χ1n) is 14.6. The molecule has 2 heterocycles. The highest BCUT2D eigenvalue weighted by molar-refractivity contribution is 7.86. The van der Waals surface area contributed by atoms with Crippen LogP contribution >= 0.6 is 0 Å². The first kappa shape index (κ1) is 40.1. The Labute approximate surface area is 278 Å². The van der Waals surface area contributed by atoms with E-state index in [9.17, 15) is 42.3 Å². The molecule has 1 aliphatic rings. The molecule has 4 N–H and O–H groups in total. The van der Waals surface area contributed by atoms with Crippen LogP contribution in [0.15, 0.2) is 36.4 Å². The summed E-state index contributed by atoms with van der Waals surface area (Å²) in [5, 5.41) is 14.7. The largest absolute Gasteiger partial charge is 0.522 e. The van der Waals surface area contributed by atoms with Crippen molar-refractivity contribution in [2.75, 3.05) is 51.3 Å². The number of hydrogen-bond acceptors (Lipinski definition) is 12. The van der Waals surface area contributed by atoms with Crippen LogP contribution in [0.1, 0.15) is 37.2 Å². The van der Waals surface area contributed by atoms with Gasteiger partial charge in [0.15, 0.2) is 5.82 Å². The first-order chi connectivity index (χ1) is 23.0. The number of nitrogens with one attached hydrogen (secondary N) is 2. The predicted molar refractivity (Wildman–Crippen MR) is 163 cm³/mol. The third-order valence-corrected chi connectivity index (χ3v) is 6.96. The molecule has 3 amide bonds. The van der Waals surface area contributed by atoms with Gasteiger partial charge in [0.1, 0.15) is 24.1 Å². The standard InChI is InChI=1S/C27H34N6O8.CHF3O3S/c1-3-40-23(36)17-28-21-16-20(29-24(31-21)18-8-6-5-7-9-18)25(37)30-19(10-11-22(34)35)26(38)32-12-14-33(15-13-32)27(39)41-4-2;2-1(3,4)8(5,6)7/h5-9,16,19H,3-4,10-15,17H2,1-2H3,(H,30,37)(H,34,35)(H,28,29,31);(H,5,6,7). The van der Waals surface area contributed by atoms with Crippen molar-refractivity contribution < 1.29 is 64.7 Å². The van der Waals surface area contributed by atoms with Gasteiger partial charge in [-0.05, 0) is 20.3 Å².